The van der Waals surface area contributed by atoms with Crippen molar-refractivity contribution in [3.8, 4) is 0 Å². The van der Waals surface area contributed by atoms with E-state index in [9.17, 15) is 25.2 Å². The van der Waals surface area contributed by atoms with E-state index in [1.54, 1.807) is 0 Å². The predicted octanol–water partition coefficient (Wildman–Crippen LogP) is 1.70. The Labute approximate surface area is 189 Å². The van der Waals surface area contributed by atoms with Gasteiger partial charge in [-0.2, -0.15) is 0 Å². The highest BCUT2D eigenvalue weighted by molar-refractivity contribution is 5.87. The van der Waals surface area contributed by atoms with Gasteiger partial charge in [-0.1, -0.05) is 25.5 Å². The van der Waals surface area contributed by atoms with E-state index in [-0.39, 0.29) is 16.9 Å². The van der Waals surface area contributed by atoms with Crippen molar-refractivity contribution in [1.82, 2.24) is 0 Å². The summed E-state index contributed by atoms with van der Waals surface area (Å²) in [5.41, 5.74) is 1.41. The largest absolute Gasteiger partial charge is 0.394 e. The summed E-state index contributed by atoms with van der Waals surface area (Å²) < 4.78 is 11.7. The summed E-state index contributed by atoms with van der Waals surface area (Å²) in [6.07, 6.45) is 3.56. The summed E-state index contributed by atoms with van der Waals surface area (Å²) in [6.45, 7) is 4.14. The van der Waals surface area contributed by atoms with E-state index in [4.69, 9.17) is 9.47 Å². The van der Waals surface area contributed by atoms with Crippen LogP contribution in [0, 0.1) is 28.6 Å². The third kappa shape index (κ3) is 3.35. The van der Waals surface area contributed by atoms with Gasteiger partial charge in [-0.15, -0.1) is 0 Å². The molecule has 4 N–H and O–H groups in total. The smallest absolute Gasteiger partial charge is 0.186 e. The van der Waals surface area contributed by atoms with Crippen molar-refractivity contribution in [2.45, 2.75) is 102 Å². The average molecular weight is 451 g/mol. The lowest BCUT2D eigenvalue weighted by molar-refractivity contribution is -0.313. The van der Waals surface area contributed by atoms with E-state index >= 15 is 0 Å². The summed E-state index contributed by atoms with van der Waals surface area (Å²) in [5.74, 6) is 2.15. The molecule has 7 heteroatoms. The van der Waals surface area contributed by atoms with Gasteiger partial charge in [0.25, 0.3) is 0 Å². The van der Waals surface area contributed by atoms with Crippen LogP contribution in [-0.4, -0.2) is 69.6 Å². The van der Waals surface area contributed by atoms with Gasteiger partial charge >= 0.3 is 0 Å². The normalized spacial score (nSPS) is 53.2. The molecule has 0 unspecified atom stereocenters. The molecule has 0 amide bonds. The molecule has 11 atom stereocenters. The van der Waals surface area contributed by atoms with Crippen LogP contribution in [-0.2, 0) is 14.3 Å². The molecule has 5 aliphatic rings. The number of rotatable bonds is 3. The van der Waals surface area contributed by atoms with Crippen molar-refractivity contribution in [1.29, 1.82) is 0 Å². The Kier molecular flexibility index (Phi) is 5.83. The molecule has 1 aliphatic heterocycles. The van der Waals surface area contributed by atoms with E-state index in [0.29, 0.717) is 23.5 Å². The van der Waals surface area contributed by atoms with Crippen LogP contribution in [0.4, 0.5) is 0 Å². The summed E-state index contributed by atoms with van der Waals surface area (Å²) in [7, 11) is 0. The highest BCUT2D eigenvalue weighted by atomic mass is 16.7. The second-order valence-electron chi connectivity index (χ2n) is 11.4. The molecular weight excluding hydrogens is 412 g/mol. The van der Waals surface area contributed by atoms with Gasteiger partial charge in [-0.05, 0) is 68.1 Å². The molecular formula is C25H38O7. The van der Waals surface area contributed by atoms with Gasteiger partial charge < -0.3 is 29.9 Å². The van der Waals surface area contributed by atoms with Crippen LogP contribution in [0.25, 0.3) is 0 Å². The molecule has 1 heterocycles. The first kappa shape index (κ1) is 22.9. The molecule has 0 bridgehead atoms. The second-order valence-corrected chi connectivity index (χ2v) is 11.4. The van der Waals surface area contributed by atoms with Gasteiger partial charge in [0, 0.05) is 11.8 Å². The van der Waals surface area contributed by atoms with Crippen molar-refractivity contribution in [3.05, 3.63) is 11.6 Å². The molecule has 4 aliphatic carbocycles. The predicted molar refractivity (Wildman–Crippen MR) is 115 cm³/mol. The summed E-state index contributed by atoms with van der Waals surface area (Å²) in [4.78, 5) is 12.6. The molecule has 4 fully saturated rings. The number of ketones is 1. The Balaban J connectivity index is 1.29. The van der Waals surface area contributed by atoms with Crippen molar-refractivity contribution in [2.75, 3.05) is 6.61 Å². The fraction of sp³-hybridized carbons (Fsp3) is 0.880. The van der Waals surface area contributed by atoms with Crippen LogP contribution in [0.3, 0.4) is 0 Å². The SMILES string of the molecule is C[C@]12CC[C@H](O[C@H]3O[C@H](CO)[C@@H](O)[C@H](O)[C@H]3O)CC1=CC[C@@H]1[C@@H]2CC[C@]2(C)C(=O)CC[C@@H]12. The zero-order valence-electron chi connectivity index (χ0n) is 19.2. The number of allylic oxidation sites excluding steroid dienone is 1. The van der Waals surface area contributed by atoms with E-state index in [1.807, 2.05) is 0 Å². The van der Waals surface area contributed by atoms with E-state index in [0.717, 1.165) is 51.4 Å². The molecule has 7 nitrogen and oxygen atoms in total. The lowest BCUT2D eigenvalue weighted by atomic mass is 9.48. The molecule has 0 aromatic carbocycles. The lowest BCUT2D eigenvalue weighted by Crippen LogP contribution is -2.60. The number of carbonyl (C=O) groups excluding carboxylic acids is 1. The average Bonchev–Trinajstić information content (AvgIpc) is 3.09. The van der Waals surface area contributed by atoms with Gasteiger partial charge in [0.05, 0.1) is 12.7 Å². The first-order valence-corrected chi connectivity index (χ1v) is 12.4. The van der Waals surface area contributed by atoms with E-state index in [1.165, 1.54) is 5.57 Å². The number of aliphatic hydroxyl groups is 4. The van der Waals surface area contributed by atoms with Crippen molar-refractivity contribution in [2.24, 2.45) is 28.6 Å². The standard InChI is InChI=1S/C25H38O7/c1-24-9-7-14(31-23-22(30)21(29)20(28)18(12-26)32-23)11-13(24)3-4-15-16-5-6-19(27)25(16,2)10-8-17(15)24/h3,14-18,20-23,26,28-30H,4-12H2,1-2H3/t14-,15-,16-,17-,18+,20+,21-,22+,23-,24-,25-/m0/s1. The topological polar surface area (TPSA) is 116 Å². The van der Waals surface area contributed by atoms with Crippen LogP contribution < -0.4 is 0 Å². The lowest BCUT2D eigenvalue weighted by Gasteiger charge is -2.57. The molecule has 32 heavy (non-hydrogen) atoms. The fourth-order valence-corrected chi connectivity index (χ4v) is 7.88. The van der Waals surface area contributed by atoms with Gasteiger partial charge in [0.1, 0.15) is 30.2 Å². The highest BCUT2D eigenvalue weighted by Gasteiger charge is 2.58. The Hall–Kier alpha value is -0.830. The molecule has 0 radical (unpaired) electrons. The van der Waals surface area contributed by atoms with Crippen LogP contribution >= 0.6 is 0 Å². The quantitative estimate of drug-likeness (QED) is 0.484. The van der Waals surface area contributed by atoms with E-state index in [2.05, 4.69) is 19.9 Å². The molecule has 0 aromatic rings. The Morgan fingerprint density at radius 1 is 1.03 bits per heavy atom. The van der Waals surface area contributed by atoms with Crippen molar-refractivity contribution >= 4 is 5.78 Å². The minimum atomic E-state index is -1.42. The maximum Gasteiger partial charge on any atom is 0.186 e. The maximum absolute atomic E-state index is 12.6. The number of aliphatic hydroxyl groups excluding tert-OH is 4. The monoisotopic (exact) mass is 450 g/mol. The number of ether oxygens (including phenoxy) is 2. The number of Topliss-reactive ketones (excluding diaryl/α,β-unsaturated/α-hetero) is 1. The zero-order valence-corrected chi connectivity index (χ0v) is 19.2. The first-order chi connectivity index (χ1) is 15.2. The Bertz CT molecular complexity index is 780. The van der Waals surface area contributed by atoms with Gasteiger partial charge in [-0.3, -0.25) is 4.79 Å². The summed E-state index contributed by atoms with van der Waals surface area (Å²) in [6, 6.07) is 0. The molecule has 3 saturated carbocycles. The van der Waals surface area contributed by atoms with Crippen LogP contribution in [0.2, 0.25) is 0 Å². The molecule has 1 saturated heterocycles. The number of carbonyl (C=O) groups is 1. The highest BCUT2D eigenvalue weighted by Crippen LogP contribution is 2.64. The molecule has 0 spiro atoms. The number of hydrogen-bond acceptors (Lipinski definition) is 7. The van der Waals surface area contributed by atoms with Crippen LogP contribution in [0.1, 0.15) is 65.2 Å². The second kappa shape index (κ2) is 8.14. The molecule has 180 valence electrons. The van der Waals surface area contributed by atoms with Crippen molar-refractivity contribution in [3.63, 3.8) is 0 Å². The fourth-order valence-electron chi connectivity index (χ4n) is 7.88. The first-order valence-electron chi connectivity index (χ1n) is 12.4. The van der Waals surface area contributed by atoms with E-state index < -0.39 is 37.3 Å². The summed E-state index contributed by atoms with van der Waals surface area (Å²) in [5, 5.41) is 39.8. The minimum Gasteiger partial charge on any atom is -0.394 e. The zero-order chi connectivity index (χ0) is 22.8. The minimum absolute atomic E-state index is 0.116. The van der Waals surface area contributed by atoms with Crippen LogP contribution in [0.15, 0.2) is 11.6 Å². The maximum atomic E-state index is 12.6. The molecule has 5 rings (SSSR count). The van der Waals surface area contributed by atoms with Gasteiger partial charge in [0.2, 0.25) is 0 Å². The Morgan fingerprint density at radius 3 is 2.50 bits per heavy atom. The third-order valence-electron chi connectivity index (χ3n) is 9.94. The van der Waals surface area contributed by atoms with Gasteiger partial charge in [0.15, 0.2) is 6.29 Å². The summed E-state index contributed by atoms with van der Waals surface area (Å²) >= 11 is 0. The van der Waals surface area contributed by atoms with Crippen LogP contribution in [0.5, 0.6) is 0 Å². The molecule has 0 aromatic heterocycles. The Morgan fingerprint density at radius 2 is 1.75 bits per heavy atom. The van der Waals surface area contributed by atoms with Crippen molar-refractivity contribution < 1.29 is 34.7 Å². The third-order valence-corrected chi connectivity index (χ3v) is 9.94. The van der Waals surface area contributed by atoms with Gasteiger partial charge in [-0.25, -0.2) is 0 Å². The number of fused-ring (bicyclic) bond motifs is 5. The number of hydrogen-bond donors (Lipinski definition) is 4.